The van der Waals surface area contributed by atoms with Crippen molar-refractivity contribution in [3.63, 3.8) is 0 Å². The molecule has 1 aliphatic heterocycles. The predicted octanol–water partition coefficient (Wildman–Crippen LogP) is 2.58. The Morgan fingerprint density at radius 2 is 1.95 bits per heavy atom. The molecule has 1 aromatic rings. The van der Waals surface area contributed by atoms with Crippen molar-refractivity contribution in [1.29, 1.82) is 0 Å². The summed E-state index contributed by atoms with van der Waals surface area (Å²) >= 11 is 0. The molecule has 7 heteroatoms. The number of amides is 2. The lowest BCUT2D eigenvalue weighted by molar-refractivity contribution is -0.137. The molecular formula is C13H16F3N3O. The van der Waals surface area contributed by atoms with Crippen molar-refractivity contribution in [2.75, 3.05) is 18.4 Å². The first kappa shape index (κ1) is 14.6. The Morgan fingerprint density at radius 1 is 1.25 bits per heavy atom. The number of rotatable bonds is 2. The SMILES string of the molecule is O=C(Nc1cccc(C(F)(F)F)c1)NC1CCNCC1. The average molecular weight is 287 g/mol. The first-order chi connectivity index (χ1) is 9.45. The third kappa shape index (κ3) is 4.12. The minimum Gasteiger partial charge on any atom is -0.335 e. The van der Waals surface area contributed by atoms with E-state index in [1.807, 2.05) is 0 Å². The van der Waals surface area contributed by atoms with Gasteiger partial charge in [0.2, 0.25) is 0 Å². The van der Waals surface area contributed by atoms with Crippen LogP contribution in [0.15, 0.2) is 24.3 Å². The second-order valence-electron chi connectivity index (χ2n) is 4.70. The van der Waals surface area contributed by atoms with Crippen LogP contribution < -0.4 is 16.0 Å². The standard InChI is InChI=1S/C13H16F3N3O/c14-13(15,16)9-2-1-3-11(8-9)19-12(20)18-10-4-6-17-7-5-10/h1-3,8,10,17H,4-7H2,(H2,18,19,20). The Kier molecular flexibility index (Phi) is 4.49. The molecule has 0 bridgehead atoms. The van der Waals surface area contributed by atoms with E-state index in [2.05, 4.69) is 16.0 Å². The van der Waals surface area contributed by atoms with Crippen molar-refractivity contribution >= 4 is 11.7 Å². The molecule has 0 unspecified atom stereocenters. The maximum absolute atomic E-state index is 12.5. The van der Waals surface area contributed by atoms with Crippen molar-refractivity contribution in [3.8, 4) is 0 Å². The summed E-state index contributed by atoms with van der Waals surface area (Å²) in [7, 11) is 0. The Balaban J connectivity index is 1.93. The van der Waals surface area contributed by atoms with Crippen molar-refractivity contribution in [3.05, 3.63) is 29.8 Å². The Bertz CT molecular complexity index is 470. The topological polar surface area (TPSA) is 53.2 Å². The third-order valence-corrected chi connectivity index (χ3v) is 3.12. The number of nitrogens with one attached hydrogen (secondary N) is 3. The number of halogens is 3. The molecule has 0 atom stereocenters. The molecule has 1 fully saturated rings. The summed E-state index contributed by atoms with van der Waals surface area (Å²) < 4.78 is 37.6. The van der Waals surface area contributed by atoms with Crippen molar-refractivity contribution < 1.29 is 18.0 Å². The van der Waals surface area contributed by atoms with Gasteiger partial charge in [0.25, 0.3) is 0 Å². The molecule has 2 amide bonds. The number of carbonyl (C=O) groups is 1. The van der Waals surface area contributed by atoms with E-state index in [9.17, 15) is 18.0 Å². The van der Waals surface area contributed by atoms with Gasteiger partial charge in [-0.25, -0.2) is 4.79 Å². The van der Waals surface area contributed by atoms with E-state index in [1.165, 1.54) is 12.1 Å². The average Bonchev–Trinajstić information content (AvgIpc) is 2.39. The lowest BCUT2D eigenvalue weighted by Crippen LogP contribution is -2.44. The number of benzene rings is 1. The molecule has 0 saturated carbocycles. The molecule has 3 N–H and O–H groups in total. The Labute approximate surface area is 114 Å². The van der Waals surface area contributed by atoms with Crippen LogP contribution in [0.1, 0.15) is 18.4 Å². The largest absolute Gasteiger partial charge is 0.416 e. The fraction of sp³-hybridized carbons (Fsp3) is 0.462. The van der Waals surface area contributed by atoms with E-state index in [-0.39, 0.29) is 11.7 Å². The van der Waals surface area contributed by atoms with Crippen LogP contribution in [0.4, 0.5) is 23.7 Å². The molecule has 1 aliphatic rings. The van der Waals surface area contributed by atoms with Gasteiger partial charge in [0.05, 0.1) is 5.56 Å². The van der Waals surface area contributed by atoms with Crippen molar-refractivity contribution in [2.24, 2.45) is 0 Å². The fourth-order valence-electron chi connectivity index (χ4n) is 2.09. The number of hydrogen-bond acceptors (Lipinski definition) is 2. The smallest absolute Gasteiger partial charge is 0.335 e. The summed E-state index contributed by atoms with van der Waals surface area (Å²) in [6.45, 7) is 1.66. The molecule has 4 nitrogen and oxygen atoms in total. The minimum atomic E-state index is -4.41. The van der Waals surface area contributed by atoms with E-state index in [4.69, 9.17) is 0 Å². The van der Waals surface area contributed by atoms with Gasteiger partial charge < -0.3 is 16.0 Å². The number of carbonyl (C=O) groups excluding carboxylic acids is 1. The highest BCUT2D eigenvalue weighted by atomic mass is 19.4. The number of hydrogen-bond donors (Lipinski definition) is 3. The summed E-state index contributed by atoms with van der Waals surface area (Å²) in [5.41, 5.74) is -0.650. The van der Waals surface area contributed by atoms with E-state index >= 15 is 0 Å². The molecule has 1 saturated heterocycles. The third-order valence-electron chi connectivity index (χ3n) is 3.12. The maximum atomic E-state index is 12.5. The first-order valence-corrected chi connectivity index (χ1v) is 6.40. The highest BCUT2D eigenvalue weighted by Gasteiger charge is 2.30. The molecule has 2 rings (SSSR count). The van der Waals surface area contributed by atoms with E-state index in [1.54, 1.807) is 0 Å². The molecule has 20 heavy (non-hydrogen) atoms. The molecule has 0 radical (unpaired) electrons. The van der Waals surface area contributed by atoms with Gasteiger partial charge in [-0.2, -0.15) is 13.2 Å². The van der Waals surface area contributed by atoms with Crippen LogP contribution in [0, 0.1) is 0 Å². The van der Waals surface area contributed by atoms with Crippen LogP contribution >= 0.6 is 0 Å². The second kappa shape index (κ2) is 6.13. The van der Waals surface area contributed by atoms with E-state index in [0.717, 1.165) is 38.1 Å². The quantitative estimate of drug-likeness (QED) is 0.783. The molecular weight excluding hydrogens is 271 g/mol. The highest BCUT2D eigenvalue weighted by molar-refractivity contribution is 5.89. The highest BCUT2D eigenvalue weighted by Crippen LogP contribution is 2.30. The van der Waals surface area contributed by atoms with Gasteiger partial charge in [-0.15, -0.1) is 0 Å². The first-order valence-electron chi connectivity index (χ1n) is 6.40. The number of anilines is 1. The van der Waals surface area contributed by atoms with Crippen LogP contribution in [0.3, 0.4) is 0 Å². The maximum Gasteiger partial charge on any atom is 0.416 e. The molecule has 0 aromatic heterocycles. The lowest BCUT2D eigenvalue weighted by Gasteiger charge is -2.23. The molecule has 1 heterocycles. The zero-order valence-corrected chi connectivity index (χ0v) is 10.8. The molecule has 0 aliphatic carbocycles. The van der Waals surface area contributed by atoms with Gasteiger partial charge in [0, 0.05) is 11.7 Å². The molecule has 0 spiro atoms. The predicted molar refractivity (Wildman–Crippen MR) is 69.5 cm³/mol. The van der Waals surface area contributed by atoms with Gasteiger partial charge in [0.15, 0.2) is 0 Å². The summed E-state index contributed by atoms with van der Waals surface area (Å²) in [6, 6.07) is 4.16. The van der Waals surface area contributed by atoms with Crippen LogP contribution in [0.2, 0.25) is 0 Å². The number of urea groups is 1. The summed E-state index contributed by atoms with van der Waals surface area (Å²) in [5.74, 6) is 0. The van der Waals surface area contributed by atoms with E-state index in [0.29, 0.717) is 0 Å². The summed E-state index contributed by atoms with van der Waals surface area (Å²) in [6.07, 6.45) is -2.78. The molecule has 110 valence electrons. The second-order valence-corrected chi connectivity index (χ2v) is 4.70. The molecule has 1 aromatic carbocycles. The monoisotopic (exact) mass is 287 g/mol. The van der Waals surface area contributed by atoms with Gasteiger partial charge >= 0.3 is 12.2 Å². The Hall–Kier alpha value is -1.76. The van der Waals surface area contributed by atoms with Gasteiger partial charge in [-0.05, 0) is 44.1 Å². The number of alkyl halides is 3. The van der Waals surface area contributed by atoms with Crippen molar-refractivity contribution in [1.82, 2.24) is 10.6 Å². The van der Waals surface area contributed by atoms with Gasteiger partial charge in [-0.1, -0.05) is 6.07 Å². The number of piperidine rings is 1. The minimum absolute atomic E-state index is 0.0575. The van der Waals surface area contributed by atoms with Gasteiger partial charge in [-0.3, -0.25) is 0 Å². The Morgan fingerprint density at radius 3 is 2.60 bits per heavy atom. The lowest BCUT2D eigenvalue weighted by atomic mass is 10.1. The van der Waals surface area contributed by atoms with E-state index < -0.39 is 17.8 Å². The zero-order chi connectivity index (χ0) is 14.6. The van der Waals surface area contributed by atoms with Gasteiger partial charge in [0.1, 0.15) is 0 Å². The van der Waals surface area contributed by atoms with Crippen LogP contribution in [-0.2, 0) is 6.18 Å². The fourth-order valence-corrected chi connectivity index (χ4v) is 2.09. The summed E-state index contributed by atoms with van der Waals surface area (Å²) in [5, 5.41) is 8.35. The van der Waals surface area contributed by atoms with Crippen LogP contribution in [0.5, 0.6) is 0 Å². The summed E-state index contributed by atoms with van der Waals surface area (Å²) in [4.78, 5) is 11.7. The van der Waals surface area contributed by atoms with Crippen LogP contribution in [0.25, 0.3) is 0 Å². The zero-order valence-electron chi connectivity index (χ0n) is 10.8. The normalized spacial score (nSPS) is 16.8. The van der Waals surface area contributed by atoms with Crippen LogP contribution in [-0.4, -0.2) is 25.2 Å². The van der Waals surface area contributed by atoms with Crippen molar-refractivity contribution in [2.45, 2.75) is 25.1 Å².